The molecule has 0 aliphatic carbocycles. The van der Waals surface area contributed by atoms with E-state index in [0.717, 1.165) is 24.2 Å². The molecule has 0 unspecified atom stereocenters. The van der Waals surface area contributed by atoms with Gasteiger partial charge in [-0.3, -0.25) is 14.4 Å². The minimum atomic E-state index is -1.23. The lowest BCUT2D eigenvalue weighted by Gasteiger charge is -2.27. The van der Waals surface area contributed by atoms with E-state index in [1.807, 2.05) is 0 Å². The largest absolute Gasteiger partial charge is 0.481 e. The van der Waals surface area contributed by atoms with Crippen LogP contribution in [0.25, 0.3) is 0 Å². The number of hydrogen-bond donors (Lipinski definition) is 4. The number of carboxylic acids is 2. The number of aliphatic hydroxyl groups is 1. The number of carbonyl (C=O) groups is 4. The summed E-state index contributed by atoms with van der Waals surface area (Å²) in [6.45, 7) is 2.04. The van der Waals surface area contributed by atoms with Crippen LogP contribution in [-0.2, 0) is 19.2 Å². The van der Waals surface area contributed by atoms with Gasteiger partial charge in [0.15, 0.2) is 0 Å². The van der Waals surface area contributed by atoms with Crippen LogP contribution >= 0.6 is 0 Å². The summed E-state index contributed by atoms with van der Waals surface area (Å²) in [5, 5.41) is 30.6. The third-order valence-corrected chi connectivity index (χ3v) is 5.63. The quantitative estimate of drug-likeness (QED) is 0.268. The molecule has 1 aliphatic rings. The first kappa shape index (κ1) is 26.9. The highest BCUT2D eigenvalue weighted by atomic mass is 16.4. The molecule has 0 aromatic carbocycles. The van der Waals surface area contributed by atoms with Gasteiger partial charge in [-0.2, -0.15) is 0 Å². The van der Waals surface area contributed by atoms with Crippen molar-refractivity contribution >= 4 is 23.8 Å². The average Bonchev–Trinajstić information content (AvgIpc) is 3.11. The monoisotopic (exact) mass is 442 g/mol. The number of β-amino-alcohol motifs (C(OH)–C–C–N with tert-alkyl or cyclic N) is 1. The SMILES string of the molecule is CCCCCCCCCCCC(=O)N[C@@H](CCC(=O)O)C(=O)N1C[C@H](O)C[C@H]1C(=O)O. The number of nitrogens with zero attached hydrogens (tertiary/aromatic N) is 1. The second-order valence-corrected chi connectivity index (χ2v) is 8.37. The Morgan fingerprint density at radius 3 is 2.06 bits per heavy atom. The molecule has 0 aromatic heterocycles. The molecule has 0 saturated carbocycles. The van der Waals surface area contributed by atoms with Crippen LogP contribution in [-0.4, -0.2) is 68.7 Å². The Balaban J connectivity index is 2.47. The van der Waals surface area contributed by atoms with Crippen molar-refractivity contribution in [2.24, 2.45) is 0 Å². The first-order chi connectivity index (χ1) is 14.8. The van der Waals surface area contributed by atoms with Crippen LogP contribution < -0.4 is 5.32 Å². The lowest BCUT2D eigenvalue weighted by Crippen LogP contribution is -2.52. The molecule has 1 heterocycles. The lowest BCUT2D eigenvalue weighted by molar-refractivity contribution is -0.149. The van der Waals surface area contributed by atoms with E-state index in [1.54, 1.807) is 0 Å². The third-order valence-electron chi connectivity index (χ3n) is 5.63. The van der Waals surface area contributed by atoms with Crippen molar-refractivity contribution in [3.8, 4) is 0 Å². The summed E-state index contributed by atoms with van der Waals surface area (Å²) in [5.74, 6) is -3.35. The van der Waals surface area contributed by atoms with Crippen molar-refractivity contribution in [1.29, 1.82) is 0 Å². The predicted octanol–water partition coefficient (Wildman–Crippen LogP) is 2.30. The molecule has 178 valence electrons. The molecule has 31 heavy (non-hydrogen) atoms. The Kier molecular flexibility index (Phi) is 12.8. The fourth-order valence-corrected chi connectivity index (χ4v) is 3.88. The van der Waals surface area contributed by atoms with E-state index >= 15 is 0 Å². The standard InChI is InChI=1S/C22H38N2O7/c1-2-3-4-5-6-7-8-9-10-11-19(26)23-17(12-13-20(27)28)21(29)24-15-16(25)14-18(24)22(30)31/h16-18,25H,2-15H2,1H3,(H,23,26)(H,27,28)(H,30,31)/t16-,17+,18+/m1/s1. The molecule has 0 bridgehead atoms. The topological polar surface area (TPSA) is 144 Å². The molecule has 2 amide bonds. The van der Waals surface area contributed by atoms with E-state index in [0.29, 0.717) is 6.42 Å². The minimum Gasteiger partial charge on any atom is -0.481 e. The van der Waals surface area contributed by atoms with Gasteiger partial charge in [-0.15, -0.1) is 0 Å². The zero-order valence-electron chi connectivity index (χ0n) is 18.6. The number of aliphatic hydroxyl groups excluding tert-OH is 1. The molecule has 9 nitrogen and oxygen atoms in total. The molecule has 4 N–H and O–H groups in total. The van der Waals surface area contributed by atoms with Gasteiger partial charge in [-0.25, -0.2) is 4.79 Å². The maximum absolute atomic E-state index is 12.8. The second kappa shape index (κ2) is 14.8. The average molecular weight is 443 g/mol. The van der Waals surface area contributed by atoms with Crippen molar-refractivity contribution in [3.05, 3.63) is 0 Å². The van der Waals surface area contributed by atoms with Gasteiger partial charge in [-0.05, 0) is 12.8 Å². The maximum atomic E-state index is 12.8. The van der Waals surface area contributed by atoms with Crippen LogP contribution in [0.3, 0.4) is 0 Å². The van der Waals surface area contributed by atoms with Crippen molar-refractivity contribution in [1.82, 2.24) is 10.2 Å². The Labute approximate surface area is 184 Å². The van der Waals surface area contributed by atoms with Crippen LogP contribution in [0.2, 0.25) is 0 Å². The van der Waals surface area contributed by atoms with Gasteiger partial charge in [0, 0.05) is 25.8 Å². The number of carboxylic acid groups (broad SMARTS) is 2. The van der Waals surface area contributed by atoms with Gasteiger partial charge in [0.05, 0.1) is 6.10 Å². The lowest BCUT2D eigenvalue weighted by atomic mass is 10.1. The molecule has 1 saturated heterocycles. The molecular formula is C22H38N2O7. The minimum absolute atomic E-state index is 0.0842. The van der Waals surface area contributed by atoms with Crippen molar-refractivity contribution in [2.45, 2.75) is 109 Å². The number of carbonyl (C=O) groups excluding carboxylic acids is 2. The normalized spacial score (nSPS) is 19.2. The van der Waals surface area contributed by atoms with Crippen LogP contribution in [0.1, 0.15) is 90.4 Å². The van der Waals surface area contributed by atoms with E-state index in [9.17, 15) is 29.4 Å². The Bertz CT molecular complexity index is 596. The molecule has 1 rings (SSSR count). The second-order valence-electron chi connectivity index (χ2n) is 8.37. The summed E-state index contributed by atoms with van der Waals surface area (Å²) in [6.07, 6.45) is 8.71. The number of nitrogens with one attached hydrogen (secondary N) is 1. The van der Waals surface area contributed by atoms with Gasteiger partial charge in [0.25, 0.3) is 0 Å². The van der Waals surface area contributed by atoms with Gasteiger partial charge in [-0.1, -0.05) is 58.3 Å². The first-order valence-corrected chi connectivity index (χ1v) is 11.5. The zero-order chi connectivity index (χ0) is 23.2. The molecule has 0 spiro atoms. The smallest absolute Gasteiger partial charge is 0.326 e. The fraction of sp³-hybridized carbons (Fsp3) is 0.818. The first-order valence-electron chi connectivity index (χ1n) is 11.5. The number of likely N-dealkylation sites (tertiary alicyclic amines) is 1. The van der Waals surface area contributed by atoms with Crippen molar-refractivity contribution in [3.63, 3.8) is 0 Å². The fourth-order valence-electron chi connectivity index (χ4n) is 3.88. The zero-order valence-corrected chi connectivity index (χ0v) is 18.6. The molecule has 3 atom stereocenters. The highest BCUT2D eigenvalue weighted by Gasteiger charge is 2.41. The molecule has 1 aliphatic heterocycles. The van der Waals surface area contributed by atoms with Gasteiger partial charge < -0.3 is 25.5 Å². The Hall–Kier alpha value is -2.16. The summed E-state index contributed by atoms with van der Waals surface area (Å²) in [4.78, 5) is 48.5. The Morgan fingerprint density at radius 1 is 0.935 bits per heavy atom. The number of unbranched alkanes of at least 4 members (excludes halogenated alkanes) is 8. The number of rotatable bonds is 16. The number of hydrogen-bond acceptors (Lipinski definition) is 5. The van der Waals surface area contributed by atoms with Crippen molar-refractivity contribution in [2.75, 3.05) is 6.54 Å². The third kappa shape index (κ3) is 10.6. The highest BCUT2D eigenvalue weighted by Crippen LogP contribution is 2.20. The molecule has 1 fully saturated rings. The number of aliphatic carboxylic acids is 2. The molecule has 9 heteroatoms. The summed E-state index contributed by atoms with van der Waals surface area (Å²) in [6, 6.07) is -2.29. The van der Waals surface area contributed by atoms with E-state index in [1.165, 1.54) is 32.1 Å². The number of amides is 2. The van der Waals surface area contributed by atoms with Crippen LogP contribution in [0.4, 0.5) is 0 Å². The molecule has 0 radical (unpaired) electrons. The summed E-state index contributed by atoms with van der Waals surface area (Å²) in [7, 11) is 0. The van der Waals surface area contributed by atoms with Gasteiger partial charge >= 0.3 is 11.9 Å². The van der Waals surface area contributed by atoms with Crippen LogP contribution in [0, 0.1) is 0 Å². The highest BCUT2D eigenvalue weighted by molar-refractivity contribution is 5.91. The van der Waals surface area contributed by atoms with E-state index in [4.69, 9.17) is 5.11 Å². The van der Waals surface area contributed by atoms with Crippen molar-refractivity contribution < 1.29 is 34.5 Å². The maximum Gasteiger partial charge on any atom is 0.326 e. The van der Waals surface area contributed by atoms with Crippen LogP contribution in [0.5, 0.6) is 0 Å². The summed E-state index contributed by atoms with van der Waals surface area (Å²) >= 11 is 0. The van der Waals surface area contributed by atoms with Crippen LogP contribution in [0.15, 0.2) is 0 Å². The van der Waals surface area contributed by atoms with E-state index in [2.05, 4.69) is 12.2 Å². The van der Waals surface area contributed by atoms with E-state index < -0.39 is 36.0 Å². The molecule has 0 aromatic rings. The Morgan fingerprint density at radius 2 is 1.52 bits per heavy atom. The van der Waals surface area contributed by atoms with Gasteiger partial charge in [0.1, 0.15) is 12.1 Å². The van der Waals surface area contributed by atoms with E-state index in [-0.39, 0.29) is 38.1 Å². The molecular weight excluding hydrogens is 404 g/mol. The van der Waals surface area contributed by atoms with Gasteiger partial charge in [0.2, 0.25) is 11.8 Å². The summed E-state index contributed by atoms with van der Waals surface area (Å²) in [5.41, 5.74) is 0. The summed E-state index contributed by atoms with van der Waals surface area (Å²) < 4.78 is 0. The predicted molar refractivity (Wildman–Crippen MR) is 114 cm³/mol.